The molecular weight excluding hydrogens is 344 g/mol. The Kier molecular flexibility index (Phi) is 8.07. The van der Waals surface area contributed by atoms with Crippen LogP contribution in [0.2, 0.25) is 0 Å². The largest absolute Gasteiger partial charge is 0.388 e. The van der Waals surface area contributed by atoms with Crippen LogP contribution >= 0.6 is 0 Å². The summed E-state index contributed by atoms with van der Waals surface area (Å²) in [4.78, 5) is 13.9. The van der Waals surface area contributed by atoms with Gasteiger partial charge in [0.05, 0.1) is 4.90 Å². The molecular formula is C16H22N4O4S. The summed E-state index contributed by atoms with van der Waals surface area (Å²) in [5, 5.41) is 14.4. The van der Waals surface area contributed by atoms with Crippen LogP contribution in [-0.4, -0.2) is 50.0 Å². The van der Waals surface area contributed by atoms with Crippen molar-refractivity contribution in [1.29, 1.82) is 5.26 Å². The minimum atomic E-state index is -4.37. The van der Waals surface area contributed by atoms with Crippen molar-refractivity contribution in [1.82, 2.24) is 10.2 Å². The van der Waals surface area contributed by atoms with Gasteiger partial charge in [0.1, 0.15) is 11.6 Å². The highest BCUT2D eigenvalue weighted by Crippen LogP contribution is 2.15. The molecule has 0 fully saturated rings. The number of hydrogen-bond acceptors (Lipinski definition) is 6. The monoisotopic (exact) mass is 366 g/mol. The van der Waals surface area contributed by atoms with Gasteiger partial charge in [0.15, 0.2) is 0 Å². The fraction of sp³-hybridized carbons (Fsp3) is 0.375. The Hall–Kier alpha value is -2.41. The van der Waals surface area contributed by atoms with Gasteiger partial charge in [-0.3, -0.25) is 9.35 Å². The van der Waals surface area contributed by atoms with Crippen molar-refractivity contribution >= 4 is 21.7 Å². The van der Waals surface area contributed by atoms with Crippen LogP contribution in [0.4, 0.5) is 5.69 Å². The fourth-order valence-electron chi connectivity index (χ4n) is 2.02. The summed E-state index contributed by atoms with van der Waals surface area (Å²) in [7, 11) is -4.37. The van der Waals surface area contributed by atoms with Gasteiger partial charge in [0, 0.05) is 25.0 Å². The van der Waals surface area contributed by atoms with Gasteiger partial charge in [-0.05, 0) is 31.3 Å². The molecule has 0 spiro atoms. The van der Waals surface area contributed by atoms with E-state index in [1.165, 1.54) is 24.4 Å². The fourth-order valence-corrected chi connectivity index (χ4v) is 2.54. The predicted octanol–water partition coefficient (Wildman–Crippen LogP) is 1.21. The average molecular weight is 366 g/mol. The first-order valence-electron chi connectivity index (χ1n) is 7.76. The lowest BCUT2D eigenvalue weighted by Crippen LogP contribution is -2.30. The van der Waals surface area contributed by atoms with Crippen LogP contribution < -0.4 is 10.6 Å². The Morgan fingerprint density at radius 1 is 1.36 bits per heavy atom. The number of nitrogens with one attached hydrogen (secondary N) is 2. The van der Waals surface area contributed by atoms with Gasteiger partial charge in [-0.2, -0.15) is 13.7 Å². The van der Waals surface area contributed by atoms with E-state index >= 15 is 0 Å². The van der Waals surface area contributed by atoms with Crippen molar-refractivity contribution in [2.24, 2.45) is 0 Å². The molecule has 136 valence electrons. The second-order valence-electron chi connectivity index (χ2n) is 5.11. The van der Waals surface area contributed by atoms with Crippen LogP contribution in [-0.2, 0) is 14.9 Å². The number of benzene rings is 1. The van der Waals surface area contributed by atoms with Crippen molar-refractivity contribution in [3.05, 3.63) is 36.0 Å². The van der Waals surface area contributed by atoms with Crippen LogP contribution in [0.5, 0.6) is 0 Å². The number of likely N-dealkylation sites (N-methyl/N-ethyl adjacent to an activating group) is 1. The number of nitrogens with zero attached hydrogens (tertiary/aromatic N) is 2. The maximum absolute atomic E-state index is 12.1. The molecule has 0 saturated carbocycles. The Balaban J connectivity index is 2.71. The molecule has 0 atom stereocenters. The molecule has 0 aromatic heterocycles. The Bertz CT molecular complexity index is 765. The molecule has 1 amide bonds. The lowest BCUT2D eigenvalue weighted by molar-refractivity contribution is -0.112. The number of hydrogen-bond donors (Lipinski definition) is 3. The molecule has 1 aromatic rings. The highest BCUT2D eigenvalue weighted by molar-refractivity contribution is 7.85. The Morgan fingerprint density at radius 2 is 2.04 bits per heavy atom. The van der Waals surface area contributed by atoms with E-state index < -0.39 is 16.0 Å². The maximum Gasteiger partial charge on any atom is 0.294 e. The quantitative estimate of drug-likeness (QED) is 0.260. The summed E-state index contributed by atoms with van der Waals surface area (Å²) in [5.41, 5.74) is 0.0150. The molecule has 9 heteroatoms. The van der Waals surface area contributed by atoms with Crippen molar-refractivity contribution in [3.63, 3.8) is 0 Å². The van der Waals surface area contributed by atoms with Gasteiger partial charge in [0.25, 0.3) is 16.0 Å². The standard InChI is InChI=1S/C16H22N4O4S/c1-3-20(4-2)9-8-18-12-13(11-17)16(21)19-14-6-5-7-15(10-14)25(22,23)24/h5-7,10,12,18H,3-4,8-9H2,1-2H3,(H,19,21)(H,22,23,24)/b13-12-. The molecule has 25 heavy (non-hydrogen) atoms. The van der Waals surface area contributed by atoms with Crippen molar-refractivity contribution < 1.29 is 17.8 Å². The summed E-state index contributed by atoms with van der Waals surface area (Å²) in [6.07, 6.45) is 1.32. The molecule has 8 nitrogen and oxygen atoms in total. The molecule has 0 aliphatic carbocycles. The second kappa shape index (κ2) is 9.78. The zero-order valence-corrected chi connectivity index (χ0v) is 15.0. The zero-order chi connectivity index (χ0) is 18.9. The first-order chi connectivity index (χ1) is 11.8. The number of amides is 1. The lowest BCUT2D eigenvalue weighted by atomic mass is 10.2. The van der Waals surface area contributed by atoms with E-state index in [-0.39, 0.29) is 16.2 Å². The van der Waals surface area contributed by atoms with Crippen LogP contribution in [0.1, 0.15) is 13.8 Å². The third kappa shape index (κ3) is 6.93. The van der Waals surface area contributed by atoms with Crippen molar-refractivity contribution in [2.75, 3.05) is 31.5 Å². The summed E-state index contributed by atoms with van der Waals surface area (Å²) in [6.45, 7) is 7.29. The van der Waals surface area contributed by atoms with Gasteiger partial charge in [-0.15, -0.1) is 0 Å². The van der Waals surface area contributed by atoms with Gasteiger partial charge >= 0.3 is 0 Å². The number of carbonyl (C=O) groups excluding carboxylic acids is 1. The first-order valence-corrected chi connectivity index (χ1v) is 9.20. The van der Waals surface area contributed by atoms with E-state index in [1.54, 1.807) is 6.07 Å². The summed E-state index contributed by atoms with van der Waals surface area (Å²) in [6, 6.07) is 6.92. The first kappa shape index (κ1) is 20.6. The third-order valence-electron chi connectivity index (χ3n) is 3.47. The predicted molar refractivity (Wildman–Crippen MR) is 94.4 cm³/mol. The van der Waals surface area contributed by atoms with E-state index in [0.29, 0.717) is 6.54 Å². The van der Waals surface area contributed by atoms with Crippen LogP contribution in [0.15, 0.2) is 40.9 Å². The number of nitriles is 1. The molecule has 0 saturated heterocycles. The van der Waals surface area contributed by atoms with E-state index in [4.69, 9.17) is 9.81 Å². The van der Waals surface area contributed by atoms with Crippen molar-refractivity contribution in [2.45, 2.75) is 18.7 Å². The van der Waals surface area contributed by atoms with Gasteiger partial charge in [-0.25, -0.2) is 0 Å². The molecule has 0 aliphatic heterocycles. The summed E-state index contributed by atoms with van der Waals surface area (Å²) in [5.74, 6) is -0.676. The second-order valence-corrected chi connectivity index (χ2v) is 6.53. The van der Waals surface area contributed by atoms with Gasteiger partial charge in [-0.1, -0.05) is 19.9 Å². The number of carbonyl (C=O) groups is 1. The molecule has 0 aliphatic rings. The van der Waals surface area contributed by atoms with Crippen LogP contribution in [0.25, 0.3) is 0 Å². The zero-order valence-electron chi connectivity index (χ0n) is 14.2. The van der Waals surface area contributed by atoms with E-state index in [2.05, 4.69) is 15.5 Å². The Morgan fingerprint density at radius 3 is 2.60 bits per heavy atom. The summed E-state index contributed by atoms with van der Waals surface area (Å²) < 4.78 is 31.2. The van der Waals surface area contributed by atoms with E-state index in [0.717, 1.165) is 25.7 Å². The molecule has 0 bridgehead atoms. The number of anilines is 1. The third-order valence-corrected chi connectivity index (χ3v) is 4.32. The van der Waals surface area contributed by atoms with Crippen LogP contribution in [0.3, 0.4) is 0 Å². The molecule has 3 N–H and O–H groups in total. The molecule has 1 rings (SSSR count). The van der Waals surface area contributed by atoms with Gasteiger partial charge in [0.2, 0.25) is 0 Å². The topological polar surface area (TPSA) is 123 Å². The minimum absolute atomic E-state index is 0.142. The van der Waals surface area contributed by atoms with E-state index in [1.807, 2.05) is 13.8 Å². The Labute approximate surface area is 147 Å². The molecule has 1 aromatic carbocycles. The van der Waals surface area contributed by atoms with Gasteiger partial charge < -0.3 is 15.5 Å². The highest BCUT2D eigenvalue weighted by Gasteiger charge is 2.13. The van der Waals surface area contributed by atoms with E-state index in [9.17, 15) is 13.2 Å². The molecule has 0 unspecified atom stereocenters. The summed E-state index contributed by atoms with van der Waals surface area (Å²) >= 11 is 0. The minimum Gasteiger partial charge on any atom is -0.388 e. The number of rotatable bonds is 9. The average Bonchev–Trinajstić information content (AvgIpc) is 2.57. The highest BCUT2D eigenvalue weighted by atomic mass is 32.2. The SMILES string of the molecule is CCN(CC)CCN/C=C(/C#N)C(=O)Nc1cccc(S(=O)(=O)O)c1. The smallest absolute Gasteiger partial charge is 0.294 e. The maximum atomic E-state index is 12.1. The lowest BCUT2D eigenvalue weighted by Gasteiger charge is -2.17. The normalized spacial score (nSPS) is 11.9. The van der Waals surface area contributed by atoms with Crippen LogP contribution in [0, 0.1) is 11.3 Å². The molecule has 0 radical (unpaired) electrons. The molecule has 0 heterocycles. The van der Waals surface area contributed by atoms with Crippen molar-refractivity contribution in [3.8, 4) is 6.07 Å².